The van der Waals surface area contributed by atoms with E-state index < -0.39 is 0 Å². The highest BCUT2D eigenvalue weighted by atomic mass is 32.1. The van der Waals surface area contributed by atoms with Crippen LogP contribution >= 0.6 is 11.3 Å². The molecule has 6 heteroatoms. The van der Waals surface area contributed by atoms with Crippen molar-refractivity contribution in [2.45, 2.75) is 6.42 Å². The number of rotatable bonds is 4. The molecule has 0 aliphatic heterocycles. The van der Waals surface area contributed by atoms with Crippen LogP contribution in [0.1, 0.15) is 6.42 Å². The van der Waals surface area contributed by atoms with E-state index >= 15 is 0 Å². The summed E-state index contributed by atoms with van der Waals surface area (Å²) in [5.41, 5.74) is 0. The van der Waals surface area contributed by atoms with Crippen molar-refractivity contribution in [2.24, 2.45) is 0 Å². The van der Waals surface area contributed by atoms with Crippen molar-refractivity contribution in [3.63, 3.8) is 0 Å². The summed E-state index contributed by atoms with van der Waals surface area (Å²) in [6.45, 7) is 0.582. The molecule has 5 nitrogen and oxygen atoms in total. The molecule has 1 amide bonds. The fraction of sp³-hybridized carbons (Fsp3) is 0.364. The van der Waals surface area contributed by atoms with Crippen LogP contribution in [0.15, 0.2) is 17.8 Å². The van der Waals surface area contributed by atoms with Crippen molar-refractivity contribution in [3.8, 4) is 0 Å². The van der Waals surface area contributed by atoms with E-state index in [0.717, 1.165) is 16.0 Å². The summed E-state index contributed by atoms with van der Waals surface area (Å²) in [5, 5.41) is 6.16. The van der Waals surface area contributed by atoms with Crippen molar-refractivity contribution in [3.05, 3.63) is 17.8 Å². The maximum absolute atomic E-state index is 11.4. The number of hydrogen-bond donors (Lipinski definition) is 1. The Bertz CT molecular complexity index is 523. The van der Waals surface area contributed by atoms with E-state index in [-0.39, 0.29) is 5.91 Å². The second kappa shape index (κ2) is 5.09. The van der Waals surface area contributed by atoms with Gasteiger partial charge in [0.25, 0.3) is 0 Å². The third-order valence-corrected chi connectivity index (χ3v) is 3.21. The highest BCUT2D eigenvalue weighted by molar-refractivity contribution is 7.16. The van der Waals surface area contributed by atoms with E-state index in [0.29, 0.717) is 13.0 Å². The number of hydrogen-bond acceptors (Lipinski definition) is 5. The molecule has 0 aliphatic rings. The normalized spacial score (nSPS) is 10.5. The first-order chi connectivity index (χ1) is 8.18. The maximum Gasteiger partial charge on any atom is 0.223 e. The highest BCUT2D eigenvalue weighted by Crippen LogP contribution is 2.23. The molecule has 90 valence electrons. The molecule has 0 saturated heterocycles. The molecular formula is C11H14N4OS. The van der Waals surface area contributed by atoms with E-state index in [2.05, 4.69) is 15.3 Å². The van der Waals surface area contributed by atoms with Gasteiger partial charge in [-0.25, -0.2) is 9.97 Å². The zero-order valence-electron chi connectivity index (χ0n) is 9.80. The van der Waals surface area contributed by atoms with Crippen LogP contribution in [0.25, 0.3) is 10.2 Å². The fourth-order valence-electron chi connectivity index (χ4n) is 1.44. The molecule has 2 rings (SSSR count). The van der Waals surface area contributed by atoms with Crippen molar-refractivity contribution < 1.29 is 4.79 Å². The highest BCUT2D eigenvalue weighted by Gasteiger charge is 2.06. The fourth-order valence-corrected chi connectivity index (χ4v) is 2.18. The van der Waals surface area contributed by atoms with Crippen LogP contribution in [0.5, 0.6) is 0 Å². The Kier molecular flexibility index (Phi) is 3.53. The van der Waals surface area contributed by atoms with Gasteiger partial charge in [-0.15, -0.1) is 11.3 Å². The van der Waals surface area contributed by atoms with Gasteiger partial charge in [0.2, 0.25) is 5.91 Å². The number of carbonyl (C=O) groups excluding carboxylic acids is 1. The third kappa shape index (κ3) is 2.71. The third-order valence-electron chi connectivity index (χ3n) is 2.39. The molecule has 0 fully saturated rings. The summed E-state index contributed by atoms with van der Waals surface area (Å²) >= 11 is 1.58. The van der Waals surface area contributed by atoms with E-state index in [9.17, 15) is 4.79 Å². The van der Waals surface area contributed by atoms with Gasteiger partial charge >= 0.3 is 0 Å². The molecule has 0 unspecified atom stereocenters. The largest absolute Gasteiger partial charge is 0.369 e. The van der Waals surface area contributed by atoms with E-state index in [1.807, 2.05) is 11.4 Å². The van der Waals surface area contributed by atoms with E-state index in [1.54, 1.807) is 30.3 Å². The maximum atomic E-state index is 11.4. The molecule has 2 aromatic rings. The summed E-state index contributed by atoms with van der Waals surface area (Å²) in [7, 11) is 3.51. The monoisotopic (exact) mass is 250 g/mol. The predicted molar refractivity (Wildman–Crippen MR) is 69.2 cm³/mol. The van der Waals surface area contributed by atoms with Gasteiger partial charge in [0.05, 0.1) is 5.39 Å². The molecule has 1 N–H and O–H groups in total. The predicted octanol–water partition coefficient (Wildman–Crippen LogP) is 1.58. The molecule has 0 aromatic carbocycles. The molecule has 0 aliphatic carbocycles. The quantitative estimate of drug-likeness (QED) is 0.895. The lowest BCUT2D eigenvalue weighted by molar-refractivity contribution is -0.128. The van der Waals surface area contributed by atoms with E-state index in [4.69, 9.17) is 0 Å². The van der Waals surface area contributed by atoms with Crippen LogP contribution in [0, 0.1) is 0 Å². The Morgan fingerprint density at radius 3 is 3.06 bits per heavy atom. The second-order valence-electron chi connectivity index (χ2n) is 3.83. The number of nitrogens with zero attached hydrogens (tertiary/aromatic N) is 3. The Hall–Kier alpha value is -1.69. The number of amides is 1. The van der Waals surface area contributed by atoms with Crippen molar-refractivity contribution in [1.29, 1.82) is 0 Å². The Morgan fingerprint density at radius 2 is 2.29 bits per heavy atom. The van der Waals surface area contributed by atoms with Crippen LogP contribution in [-0.2, 0) is 4.79 Å². The summed E-state index contributed by atoms with van der Waals surface area (Å²) in [5.74, 6) is 0.899. The summed E-state index contributed by atoms with van der Waals surface area (Å²) < 4.78 is 0. The molecule has 0 atom stereocenters. The first-order valence-corrected chi connectivity index (χ1v) is 6.18. The Balaban J connectivity index is 1.99. The van der Waals surface area contributed by atoms with Gasteiger partial charge < -0.3 is 10.2 Å². The van der Waals surface area contributed by atoms with Crippen LogP contribution < -0.4 is 5.32 Å². The van der Waals surface area contributed by atoms with Crippen LogP contribution in [0.2, 0.25) is 0 Å². The number of thiophene rings is 1. The standard InChI is InChI=1S/C11H14N4OS/c1-15(2)9(16)3-5-12-10-8-4-6-17-11(8)14-7-13-10/h4,6-7H,3,5H2,1-2H3,(H,12,13,14). The van der Waals surface area contributed by atoms with Gasteiger partial charge in [0.15, 0.2) is 0 Å². The molecule has 2 heterocycles. The van der Waals surface area contributed by atoms with Crippen molar-refractivity contribution in [1.82, 2.24) is 14.9 Å². The summed E-state index contributed by atoms with van der Waals surface area (Å²) in [6, 6.07) is 1.98. The zero-order chi connectivity index (χ0) is 12.3. The van der Waals surface area contributed by atoms with Crippen LogP contribution in [-0.4, -0.2) is 41.4 Å². The minimum Gasteiger partial charge on any atom is -0.369 e. The van der Waals surface area contributed by atoms with Crippen molar-refractivity contribution >= 4 is 33.3 Å². The number of anilines is 1. The lowest BCUT2D eigenvalue weighted by atomic mass is 10.3. The lowest BCUT2D eigenvalue weighted by Gasteiger charge is -2.10. The van der Waals surface area contributed by atoms with Gasteiger partial charge in [0.1, 0.15) is 17.0 Å². The molecule has 0 bridgehead atoms. The topological polar surface area (TPSA) is 58.1 Å². The first-order valence-electron chi connectivity index (χ1n) is 5.30. The zero-order valence-corrected chi connectivity index (χ0v) is 10.6. The number of carbonyl (C=O) groups is 1. The van der Waals surface area contributed by atoms with Gasteiger partial charge in [-0.3, -0.25) is 4.79 Å². The minimum absolute atomic E-state index is 0.105. The van der Waals surface area contributed by atoms with Gasteiger partial charge in [-0.1, -0.05) is 0 Å². The minimum atomic E-state index is 0.105. The number of fused-ring (bicyclic) bond motifs is 1. The lowest BCUT2D eigenvalue weighted by Crippen LogP contribution is -2.24. The molecule has 0 spiro atoms. The average Bonchev–Trinajstić information content (AvgIpc) is 2.77. The molecular weight excluding hydrogens is 236 g/mol. The second-order valence-corrected chi connectivity index (χ2v) is 4.72. The molecule has 0 saturated carbocycles. The van der Waals surface area contributed by atoms with Gasteiger partial charge in [-0.2, -0.15) is 0 Å². The number of aromatic nitrogens is 2. The Morgan fingerprint density at radius 1 is 1.47 bits per heavy atom. The van der Waals surface area contributed by atoms with E-state index in [1.165, 1.54) is 6.33 Å². The van der Waals surface area contributed by atoms with Crippen LogP contribution in [0.3, 0.4) is 0 Å². The SMILES string of the molecule is CN(C)C(=O)CCNc1ncnc2sccc12. The smallest absolute Gasteiger partial charge is 0.223 e. The van der Waals surface area contributed by atoms with Gasteiger partial charge in [-0.05, 0) is 11.4 Å². The average molecular weight is 250 g/mol. The van der Waals surface area contributed by atoms with Crippen molar-refractivity contribution in [2.75, 3.05) is 26.0 Å². The molecule has 17 heavy (non-hydrogen) atoms. The first kappa shape index (κ1) is 11.8. The Labute approximate surface area is 103 Å². The number of nitrogens with one attached hydrogen (secondary N) is 1. The summed E-state index contributed by atoms with van der Waals surface area (Å²) in [6.07, 6.45) is 2.00. The molecule has 2 aromatic heterocycles. The van der Waals surface area contributed by atoms with Gasteiger partial charge in [0, 0.05) is 27.1 Å². The summed E-state index contributed by atoms with van der Waals surface area (Å²) in [4.78, 5) is 22.3. The van der Waals surface area contributed by atoms with Crippen LogP contribution in [0.4, 0.5) is 5.82 Å². The molecule has 0 radical (unpaired) electrons.